The van der Waals surface area contributed by atoms with Crippen molar-refractivity contribution >= 4 is 70.4 Å². The highest BCUT2D eigenvalue weighted by molar-refractivity contribution is 6.39. The fourth-order valence-electron chi connectivity index (χ4n) is 6.35. The van der Waals surface area contributed by atoms with Crippen LogP contribution in [0, 0.1) is 0 Å². The summed E-state index contributed by atoms with van der Waals surface area (Å²) in [5, 5.41) is 14.6. The van der Waals surface area contributed by atoms with Crippen LogP contribution in [-0.2, 0) is 0 Å². The highest BCUT2D eigenvalue weighted by Gasteiger charge is 2.17. The second-order valence-electron chi connectivity index (χ2n) is 10.0. The van der Waals surface area contributed by atoms with Crippen molar-refractivity contribution in [2.45, 2.75) is 0 Å². The van der Waals surface area contributed by atoms with Gasteiger partial charge in [0.1, 0.15) is 0 Å². The van der Waals surface area contributed by atoms with Crippen molar-refractivity contribution in [3.8, 4) is 0 Å². The van der Waals surface area contributed by atoms with Crippen molar-refractivity contribution in [1.29, 1.82) is 0 Å². The van der Waals surface area contributed by atoms with Gasteiger partial charge in [-0.25, -0.2) is 0 Å². The van der Waals surface area contributed by atoms with Crippen molar-refractivity contribution in [3.05, 3.63) is 145 Å². The van der Waals surface area contributed by atoms with Crippen molar-refractivity contribution < 1.29 is 4.79 Å². The third-order valence-corrected chi connectivity index (χ3v) is 8.00. The molecule has 8 rings (SSSR count). The summed E-state index contributed by atoms with van der Waals surface area (Å²) in [6.07, 6.45) is 0. The van der Waals surface area contributed by atoms with Crippen LogP contribution in [0.4, 0.5) is 0 Å². The molecule has 0 spiro atoms. The van der Waals surface area contributed by atoms with Crippen LogP contribution in [0.25, 0.3) is 64.6 Å². The lowest BCUT2D eigenvalue weighted by molar-refractivity contribution is 0.103. The van der Waals surface area contributed by atoms with E-state index >= 15 is 0 Å². The SMILES string of the molecule is O=C(c1ccccc1)c1ccc2c3ccccc3c3cccc4c5ccccc5c5cccc(c2c1)c5c34. The zero-order valence-corrected chi connectivity index (χ0v) is 20.6. The van der Waals surface area contributed by atoms with Crippen LogP contribution < -0.4 is 0 Å². The van der Waals surface area contributed by atoms with Crippen molar-refractivity contribution in [1.82, 2.24) is 0 Å². The summed E-state index contributed by atoms with van der Waals surface area (Å²) < 4.78 is 0. The number of carbonyl (C=O) groups is 1. The summed E-state index contributed by atoms with van der Waals surface area (Å²) in [6.45, 7) is 0. The lowest BCUT2D eigenvalue weighted by Crippen LogP contribution is -2.00. The molecule has 0 aliphatic rings. The Labute approximate surface area is 219 Å². The minimum atomic E-state index is 0.0416. The fraction of sp³-hybridized carbons (Fsp3) is 0. The third kappa shape index (κ3) is 2.90. The molecule has 1 heteroatoms. The summed E-state index contributed by atoms with van der Waals surface area (Å²) in [6, 6.07) is 46.4. The van der Waals surface area contributed by atoms with E-state index in [1.54, 1.807) is 0 Å². The van der Waals surface area contributed by atoms with Gasteiger partial charge in [-0.15, -0.1) is 0 Å². The third-order valence-electron chi connectivity index (χ3n) is 8.00. The van der Waals surface area contributed by atoms with Crippen LogP contribution in [0.1, 0.15) is 15.9 Å². The Bertz CT molecular complexity index is 2240. The van der Waals surface area contributed by atoms with Crippen LogP contribution >= 0.6 is 0 Å². The van der Waals surface area contributed by atoms with Crippen LogP contribution in [0.3, 0.4) is 0 Å². The maximum Gasteiger partial charge on any atom is 0.193 e. The van der Waals surface area contributed by atoms with Gasteiger partial charge in [0.05, 0.1) is 0 Å². The summed E-state index contributed by atoms with van der Waals surface area (Å²) in [4.78, 5) is 13.5. The maximum absolute atomic E-state index is 13.5. The Hall–Kier alpha value is -5.01. The maximum atomic E-state index is 13.5. The predicted octanol–water partition coefficient (Wildman–Crippen LogP) is 9.84. The quantitative estimate of drug-likeness (QED) is 0.177. The van der Waals surface area contributed by atoms with Crippen LogP contribution in [0.5, 0.6) is 0 Å². The van der Waals surface area contributed by atoms with Crippen LogP contribution in [0.2, 0.25) is 0 Å². The van der Waals surface area contributed by atoms with Gasteiger partial charge in [-0.1, -0.05) is 127 Å². The van der Waals surface area contributed by atoms with Gasteiger partial charge in [0.2, 0.25) is 0 Å². The largest absolute Gasteiger partial charge is 0.289 e. The van der Waals surface area contributed by atoms with Crippen molar-refractivity contribution in [2.24, 2.45) is 0 Å². The summed E-state index contributed by atoms with van der Waals surface area (Å²) in [7, 11) is 0. The van der Waals surface area contributed by atoms with Gasteiger partial charge in [0.15, 0.2) is 5.78 Å². The van der Waals surface area contributed by atoms with Crippen molar-refractivity contribution in [3.63, 3.8) is 0 Å². The molecule has 0 aromatic heterocycles. The van der Waals surface area contributed by atoms with Gasteiger partial charge in [-0.05, 0) is 70.7 Å². The van der Waals surface area contributed by atoms with Gasteiger partial charge in [-0.3, -0.25) is 4.79 Å². The van der Waals surface area contributed by atoms with E-state index in [2.05, 4.69) is 97.1 Å². The number of benzene rings is 7. The molecule has 38 heavy (non-hydrogen) atoms. The summed E-state index contributed by atoms with van der Waals surface area (Å²) >= 11 is 0. The van der Waals surface area contributed by atoms with E-state index in [0.717, 1.165) is 16.2 Å². The first-order valence-corrected chi connectivity index (χ1v) is 13.0. The Morgan fingerprint density at radius 2 is 0.711 bits per heavy atom. The van der Waals surface area contributed by atoms with Crippen LogP contribution in [-0.4, -0.2) is 5.78 Å². The van der Waals surface area contributed by atoms with E-state index in [9.17, 15) is 4.79 Å². The molecule has 0 aliphatic heterocycles. The monoisotopic (exact) mass is 482 g/mol. The van der Waals surface area contributed by atoms with E-state index in [4.69, 9.17) is 0 Å². The summed E-state index contributed by atoms with van der Waals surface area (Å²) in [5.41, 5.74) is 1.41. The first kappa shape index (κ1) is 21.1. The van der Waals surface area contributed by atoms with Crippen LogP contribution in [0.15, 0.2) is 133 Å². The normalized spacial score (nSPS) is 11.8. The van der Waals surface area contributed by atoms with Gasteiger partial charge in [0, 0.05) is 11.1 Å². The van der Waals surface area contributed by atoms with Gasteiger partial charge >= 0.3 is 0 Å². The molecular weight excluding hydrogens is 460 g/mol. The lowest BCUT2D eigenvalue weighted by Gasteiger charge is -2.16. The predicted molar refractivity (Wildman–Crippen MR) is 161 cm³/mol. The average molecular weight is 483 g/mol. The molecule has 0 unspecified atom stereocenters. The molecule has 0 bridgehead atoms. The van der Waals surface area contributed by atoms with Crippen molar-refractivity contribution in [2.75, 3.05) is 0 Å². The Morgan fingerprint density at radius 3 is 1.24 bits per heavy atom. The molecule has 0 saturated carbocycles. The Kier molecular flexibility index (Phi) is 4.44. The molecule has 176 valence electrons. The number of fused-ring (bicyclic) bond motifs is 8. The van der Waals surface area contributed by atoms with E-state index in [0.29, 0.717) is 11.1 Å². The lowest BCUT2D eigenvalue weighted by atomic mass is 9.87. The molecular formula is C37H22O. The molecule has 0 N–H and O–H groups in total. The molecule has 0 fully saturated rings. The number of hydrogen-bond donors (Lipinski definition) is 0. The molecule has 0 heterocycles. The summed E-state index contributed by atoms with van der Waals surface area (Å²) in [5.74, 6) is 0.0416. The number of hydrogen-bond acceptors (Lipinski definition) is 1. The first-order valence-electron chi connectivity index (χ1n) is 13.0. The second-order valence-corrected chi connectivity index (χ2v) is 10.0. The zero-order valence-electron chi connectivity index (χ0n) is 20.6. The van der Waals surface area contributed by atoms with E-state index < -0.39 is 0 Å². The smallest absolute Gasteiger partial charge is 0.193 e. The average Bonchev–Trinajstić information content (AvgIpc) is 2.99. The number of rotatable bonds is 2. The Balaban J connectivity index is 1.67. The minimum absolute atomic E-state index is 0.0416. The molecule has 8 aromatic rings. The molecule has 1 nitrogen and oxygen atoms in total. The number of carbonyl (C=O) groups excluding carboxylic acids is 1. The highest BCUT2D eigenvalue weighted by atomic mass is 16.1. The van der Waals surface area contributed by atoms with E-state index in [1.807, 2.05) is 36.4 Å². The molecule has 0 amide bonds. The topological polar surface area (TPSA) is 17.1 Å². The molecule has 0 saturated heterocycles. The molecule has 0 radical (unpaired) electrons. The first-order chi connectivity index (χ1) is 18.8. The highest BCUT2D eigenvalue weighted by Crippen LogP contribution is 2.43. The molecule has 8 aromatic carbocycles. The van der Waals surface area contributed by atoms with Gasteiger partial charge in [0.25, 0.3) is 0 Å². The fourth-order valence-corrected chi connectivity index (χ4v) is 6.35. The minimum Gasteiger partial charge on any atom is -0.289 e. The number of ketones is 1. The molecule has 0 aliphatic carbocycles. The van der Waals surface area contributed by atoms with E-state index in [-0.39, 0.29) is 5.78 Å². The zero-order chi connectivity index (χ0) is 25.2. The van der Waals surface area contributed by atoms with Gasteiger partial charge < -0.3 is 0 Å². The van der Waals surface area contributed by atoms with E-state index in [1.165, 1.54) is 48.5 Å². The molecule has 0 atom stereocenters. The van der Waals surface area contributed by atoms with Gasteiger partial charge in [-0.2, -0.15) is 0 Å². The Morgan fingerprint density at radius 1 is 0.316 bits per heavy atom. The second kappa shape index (κ2) is 7.99. The standard InChI is InChI=1S/C37H22O/c38-37(23-10-2-1-3-11-23)24-20-21-29-25-12-4-5-13-26(25)30-16-8-17-31-27-14-6-7-15-28(27)32-18-9-19-33(34(29)22-24)36(32)35(30)31/h1-22H.